The molecule has 0 saturated heterocycles. The fourth-order valence-corrected chi connectivity index (χ4v) is 2.29. The zero-order valence-corrected chi connectivity index (χ0v) is 12.8. The number of rotatable bonds is 3. The van der Waals surface area contributed by atoms with Crippen LogP contribution in [0, 0.1) is 9.39 Å². The van der Waals surface area contributed by atoms with E-state index in [-0.39, 0.29) is 5.82 Å². The second kappa shape index (κ2) is 5.64. The molecule has 0 saturated carbocycles. The zero-order chi connectivity index (χ0) is 14.0. The minimum Gasteiger partial charge on any atom is -0.497 e. The number of nitrogens with zero attached hydrogens (tertiary/aromatic N) is 1. The highest BCUT2D eigenvalue weighted by atomic mass is 127. The van der Waals surface area contributed by atoms with Gasteiger partial charge in [-0.05, 0) is 40.8 Å². The molecular formula is C14H14FIN2O. The number of methoxy groups -OCH3 is 1. The summed E-state index contributed by atoms with van der Waals surface area (Å²) in [5.74, 6) is 0.466. The van der Waals surface area contributed by atoms with Crippen LogP contribution in [0.4, 0.5) is 21.5 Å². The molecule has 3 nitrogen and oxygen atoms in total. The van der Waals surface area contributed by atoms with Crippen LogP contribution in [0.15, 0.2) is 36.4 Å². The number of anilines is 3. The summed E-state index contributed by atoms with van der Waals surface area (Å²) in [7, 11) is 3.45. The number of halogens is 2. The smallest absolute Gasteiger partial charge is 0.138 e. The first-order valence-corrected chi connectivity index (χ1v) is 6.73. The molecule has 2 aromatic rings. The van der Waals surface area contributed by atoms with E-state index in [9.17, 15) is 4.39 Å². The van der Waals surface area contributed by atoms with E-state index in [4.69, 9.17) is 10.5 Å². The molecule has 2 rings (SSSR count). The summed E-state index contributed by atoms with van der Waals surface area (Å²) in [6.45, 7) is 0. The van der Waals surface area contributed by atoms with Crippen LogP contribution in [-0.2, 0) is 0 Å². The Morgan fingerprint density at radius 1 is 1.26 bits per heavy atom. The van der Waals surface area contributed by atoms with Crippen molar-refractivity contribution < 1.29 is 9.13 Å². The Kier molecular flexibility index (Phi) is 4.14. The molecule has 19 heavy (non-hydrogen) atoms. The molecule has 0 aromatic heterocycles. The molecule has 0 amide bonds. The first-order chi connectivity index (χ1) is 9.02. The second-order valence-corrected chi connectivity index (χ2v) is 5.25. The predicted molar refractivity (Wildman–Crippen MR) is 84.6 cm³/mol. The van der Waals surface area contributed by atoms with Gasteiger partial charge in [0.1, 0.15) is 11.6 Å². The normalized spacial score (nSPS) is 10.3. The maximum Gasteiger partial charge on any atom is 0.138 e. The van der Waals surface area contributed by atoms with Crippen molar-refractivity contribution in [2.75, 3.05) is 24.8 Å². The minimum absolute atomic E-state index is 0.278. The van der Waals surface area contributed by atoms with Gasteiger partial charge in [-0.1, -0.05) is 6.07 Å². The number of hydrogen-bond acceptors (Lipinski definition) is 3. The van der Waals surface area contributed by atoms with Gasteiger partial charge in [-0.15, -0.1) is 0 Å². The van der Waals surface area contributed by atoms with Crippen LogP contribution in [0.5, 0.6) is 5.75 Å². The van der Waals surface area contributed by atoms with Crippen molar-refractivity contribution >= 4 is 39.7 Å². The quantitative estimate of drug-likeness (QED) is 0.658. The van der Waals surface area contributed by atoms with E-state index < -0.39 is 0 Å². The Hall–Kier alpha value is -1.50. The van der Waals surface area contributed by atoms with Gasteiger partial charge in [-0.25, -0.2) is 4.39 Å². The monoisotopic (exact) mass is 372 g/mol. The van der Waals surface area contributed by atoms with E-state index in [2.05, 4.69) is 0 Å². The van der Waals surface area contributed by atoms with E-state index in [0.29, 0.717) is 14.9 Å². The van der Waals surface area contributed by atoms with Crippen LogP contribution in [0.2, 0.25) is 0 Å². The summed E-state index contributed by atoms with van der Waals surface area (Å²) in [6.07, 6.45) is 0. The molecule has 0 unspecified atom stereocenters. The van der Waals surface area contributed by atoms with E-state index in [1.54, 1.807) is 13.2 Å². The number of nitrogen functional groups attached to an aromatic ring is 1. The summed E-state index contributed by atoms with van der Waals surface area (Å²) in [4.78, 5) is 1.83. The summed E-state index contributed by atoms with van der Waals surface area (Å²) < 4.78 is 19.4. The molecule has 0 aliphatic carbocycles. The molecule has 0 aliphatic rings. The Balaban J connectivity index is 2.43. The molecule has 2 aromatic carbocycles. The van der Waals surface area contributed by atoms with Gasteiger partial charge in [0.2, 0.25) is 0 Å². The lowest BCUT2D eigenvalue weighted by Gasteiger charge is -2.22. The highest BCUT2D eigenvalue weighted by molar-refractivity contribution is 14.1. The maximum absolute atomic E-state index is 13.7. The molecule has 0 radical (unpaired) electrons. The molecule has 2 N–H and O–H groups in total. The van der Waals surface area contributed by atoms with E-state index >= 15 is 0 Å². The Bertz CT molecular complexity index is 604. The summed E-state index contributed by atoms with van der Waals surface area (Å²) in [5.41, 5.74) is 8.00. The van der Waals surface area contributed by atoms with Crippen molar-refractivity contribution in [3.05, 3.63) is 45.8 Å². The van der Waals surface area contributed by atoms with Crippen LogP contribution in [-0.4, -0.2) is 14.2 Å². The second-order valence-electron chi connectivity index (χ2n) is 4.09. The third-order valence-corrected chi connectivity index (χ3v) is 3.70. The average molecular weight is 372 g/mol. The third kappa shape index (κ3) is 2.91. The molecule has 0 atom stereocenters. The van der Waals surface area contributed by atoms with Crippen molar-refractivity contribution in [1.29, 1.82) is 0 Å². The Morgan fingerprint density at radius 2 is 2.00 bits per heavy atom. The molecule has 0 aliphatic heterocycles. The average Bonchev–Trinajstić information content (AvgIpc) is 2.42. The first kappa shape index (κ1) is 13.9. The van der Waals surface area contributed by atoms with Crippen LogP contribution >= 0.6 is 22.6 Å². The molecule has 5 heteroatoms. The fraction of sp³-hybridized carbons (Fsp3) is 0.143. The van der Waals surface area contributed by atoms with Crippen molar-refractivity contribution in [1.82, 2.24) is 0 Å². The minimum atomic E-state index is -0.278. The van der Waals surface area contributed by atoms with Crippen LogP contribution in [0.25, 0.3) is 0 Å². The van der Waals surface area contributed by atoms with Crippen molar-refractivity contribution in [2.45, 2.75) is 0 Å². The maximum atomic E-state index is 13.7. The van der Waals surface area contributed by atoms with Gasteiger partial charge in [0.25, 0.3) is 0 Å². The van der Waals surface area contributed by atoms with Gasteiger partial charge in [0, 0.05) is 24.9 Å². The largest absolute Gasteiger partial charge is 0.497 e. The standard InChI is InChI=1S/C14H14FIN2O/c1-18(9-4-3-5-10(6-9)19-2)14-7-11(15)12(16)8-13(14)17/h3-8H,17H2,1-2H3. The van der Waals surface area contributed by atoms with E-state index in [1.807, 2.05) is 58.8 Å². The lowest BCUT2D eigenvalue weighted by atomic mass is 10.2. The third-order valence-electron chi connectivity index (χ3n) is 2.87. The van der Waals surface area contributed by atoms with E-state index in [1.165, 1.54) is 6.07 Å². The number of hydrogen-bond donors (Lipinski definition) is 1. The Labute approximate surface area is 125 Å². The lowest BCUT2D eigenvalue weighted by Crippen LogP contribution is -2.12. The number of benzene rings is 2. The number of ether oxygens (including phenoxy) is 1. The van der Waals surface area contributed by atoms with Gasteiger partial charge < -0.3 is 15.4 Å². The van der Waals surface area contributed by atoms with Gasteiger partial charge in [0.15, 0.2) is 0 Å². The molecular weight excluding hydrogens is 358 g/mol. The highest BCUT2D eigenvalue weighted by Gasteiger charge is 2.12. The van der Waals surface area contributed by atoms with E-state index in [0.717, 1.165) is 11.4 Å². The van der Waals surface area contributed by atoms with Gasteiger partial charge in [-0.2, -0.15) is 0 Å². The van der Waals surface area contributed by atoms with Gasteiger partial charge >= 0.3 is 0 Å². The van der Waals surface area contributed by atoms with Crippen LogP contribution in [0.3, 0.4) is 0 Å². The summed E-state index contributed by atoms with van der Waals surface area (Å²) >= 11 is 1.92. The molecule has 100 valence electrons. The molecule has 0 spiro atoms. The Morgan fingerprint density at radius 3 is 2.68 bits per heavy atom. The SMILES string of the molecule is COc1cccc(N(C)c2cc(F)c(I)cc2N)c1. The predicted octanol–water partition coefficient (Wildman–Crippen LogP) is 3.79. The molecule has 0 fully saturated rings. The fourth-order valence-electron chi connectivity index (χ4n) is 1.80. The molecule has 0 bridgehead atoms. The lowest BCUT2D eigenvalue weighted by molar-refractivity contribution is 0.415. The van der Waals surface area contributed by atoms with Crippen molar-refractivity contribution in [3.8, 4) is 5.75 Å². The van der Waals surface area contributed by atoms with Crippen molar-refractivity contribution in [3.63, 3.8) is 0 Å². The summed E-state index contributed by atoms with van der Waals surface area (Å²) in [6, 6.07) is 10.6. The van der Waals surface area contributed by atoms with Gasteiger partial charge in [-0.3, -0.25) is 0 Å². The van der Waals surface area contributed by atoms with Gasteiger partial charge in [0.05, 0.1) is 22.1 Å². The first-order valence-electron chi connectivity index (χ1n) is 5.65. The highest BCUT2D eigenvalue weighted by Crippen LogP contribution is 2.32. The van der Waals surface area contributed by atoms with Crippen LogP contribution < -0.4 is 15.4 Å². The summed E-state index contributed by atoms with van der Waals surface area (Å²) in [5, 5.41) is 0. The molecule has 0 heterocycles. The van der Waals surface area contributed by atoms with Crippen molar-refractivity contribution in [2.24, 2.45) is 0 Å². The number of nitrogens with two attached hydrogens (primary N) is 1. The van der Waals surface area contributed by atoms with Crippen LogP contribution in [0.1, 0.15) is 0 Å². The topological polar surface area (TPSA) is 38.5 Å². The zero-order valence-electron chi connectivity index (χ0n) is 10.7.